The van der Waals surface area contributed by atoms with E-state index in [1.165, 1.54) is 0 Å². The van der Waals surface area contributed by atoms with Gasteiger partial charge in [-0.15, -0.1) is 0 Å². The molecule has 0 bridgehead atoms. The molecule has 1 saturated heterocycles. The summed E-state index contributed by atoms with van der Waals surface area (Å²) >= 11 is 0. The van der Waals surface area contributed by atoms with E-state index in [2.05, 4.69) is 21.3 Å². The molecule has 0 amide bonds. The number of fused-ring (bicyclic) bond motifs is 1. The van der Waals surface area contributed by atoms with Gasteiger partial charge in [-0.05, 0) is 23.8 Å². The highest BCUT2D eigenvalue weighted by Gasteiger charge is 2.14. The van der Waals surface area contributed by atoms with Crippen molar-refractivity contribution in [2.24, 2.45) is 0 Å². The lowest BCUT2D eigenvalue weighted by Gasteiger charge is -2.30. The fraction of sp³-hybridized carbons (Fsp3) is 0.357. The van der Waals surface area contributed by atoms with Crippen LogP contribution in [0.4, 0.5) is 5.69 Å². The summed E-state index contributed by atoms with van der Waals surface area (Å²) in [5.74, 6) is 0. The first-order valence-electron chi connectivity index (χ1n) is 6.32. The van der Waals surface area contributed by atoms with Gasteiger partial charge in [0, 0.05) is 37.8 Å². The van der Waals surface area contributed by atoms with Gasteiger partial charge in [-0.3, -0.25) is 4.98 Å². The highest BCUT2D eigenvalue weighted by atomic mass is 16.3. The van der Waals surface area contributed by atoms with Gasteiger partial charge in [-0.25, -0.2) is 0 Å². The van der Waals surface area contributed by atoms with Crippen molar-refractivity contribution in [1.29, 1.82) is 0 Å². The second-order valence-electron chi connectivity index (χ2n) is 4.59. The second-order valence-corrected chi connectivity index (χ2v) is 4.59. The molecule has 2 aromatic rings. The molecule has 0 aliphatic carbocycles. The number of pyridine rings is 1. The van der Waals surface area contributed by atoms with E-state index < -0.39 is 0 Å². The summed E-state index contributed by atoms with van der Waals surface area (Å²) in [6, 6.07) is 8.05. The van der Waals surface area contributed by atoms with Crippen LogP contribution < -0.4 is 10.2 Å². The molecule has 0 saturated carbocycles. The highest BCUT2D eigenvalue weighted by molar-refractivity contribution is 5.91. The number of rotatable bonds is 2. The predicted octanol–water partition coefficient (Wildman–Crippen LogP) is 1.14. The number of aromatic nitrogens is 1. The smallest absolute Gasteiger partial charge is 0.0935 e. The molecule has 3 rings (SSSR count). The van der Waals surface area contributed by atoms with Gasteiger partial charge in [0.05, 0.1) is 17.8 Å². The number of anilines is 1. The first-order chi connectivity index (χ1) is 8.88. The van der Waals surface area contributed by atoms with E-state index in [0.717, 1.165) is 48.3 Å². The molecule has 4 heteroatoms. The zero-order valence-electron chi connectivity index (χ0n) is 10.3. The summed E-state index contributed by atoms with van der Waals surface area (Å²) in [5.41, 5.74) is 3.11. The molecule has 1 aliphatic rings. The first-order valence-corrected chi connectivity index (χ1v) is 6.32. The van der Waals surface area contributed by atoms with Crippen molar-refractivity contribution in [3.63, 3.8) is 0 Å². The molecule has 0 radical (unpaired) electrons. The van der Waals surface area contributed by atoms with Gasteiger partial charge in [0.2, 0.25) is 0 Å². The van der Waals surface area contributed by atoms with E-state index in [0.29, 0.717) is 0 Å². The standard InChI is InChI=1S/C14H17N3O/c18-10-11-8-12-2-1-3-16-14(12)13(9-11)17-6-4-15-5-7-17/h1-3,8-9,15,18H,4-7,10H2. The Morgan fingerprint density at radius 2 is 2.11 bits per heavy atom. The third-order valence-electron chi connectivity index (χ3n) is 3.38. The van der Waals surface area contributed by atoms with Crippen LogP contribution in [0.1, 0.15) is 5.56 Å². The summed E-state index contributed by atoms with van der Waals surface area (Å²) in [5, 5.41) is 13.8. The normalized spacial score (nSPS) is 16.2. The topological polar surface area (TPSA) is 48.4 Å². The summed E-state index contributed by atoms with van der Waals surface area (Å²) < 4.78 is 0. The van der Waals surface area contributed by atoms with E-state index >= 15 is 0 Å². The van der Waals surface area contributed by atoms with Crippen molar-refractivity contribution in [1.82, 2.24) is 10.3 Å². The number of nitrogens with one attached hydrogen (secondary N) is 1. The first kappa shape index (κ1) is 11.4. The quantitative estimate of drug-likeness (QED) is 0.830. The van der Waals surface area contributed by atoms with Gasteiger partial charge >= 0.3 is 0 Å². The van der Waals surface area contributed by atoms with Crippen LogP contribution in [-0.4, -0.2) is 36.3 Å². The third-order valence-corrected chi connectivity index (χ3v) is 3.38. The molecular formula is C14H17N3O. The monoisotopic (exact) mass is 243 g/mol. The Morgan fingerprint density at radius 1 is 1.28 bits per heavy atom. The molecule has 0 atom stereocenters. The van der Waals surface area contributed by atoms with Crippen LogP contribution >= 0.6 is 0 Å². The molecule has 1 aromatic heterocycles. The van der Waals surface area contributed by atoms with Gasteiger partial charge in [0.25, 0.3) is 0 Å². The number of hydrogen-bond acceptors (Lipinski definition) is 4. The van der Waals surface area contributed by atoms with Crippen molar-refractivity contribution in [2.75, 3.05) is 31.1 Å². The molecule has 4 nitrogen and oxygen atoms in total. The Hall–Kier alpha value is -1.65. The Morgan fingerprint density at radius 3 is 2.89 bits per heavy atom. The highest BCUT2D eigenvalue weighted by Crippen LogP contribution is 2.27. The average molecular weight is 243 g/mol. The fourth-order valence-electron chi connectivity index (χ4n) is 2.47. The van der Waals surface area contributed by atoms with E-state index in [-0.39, 0.29) is 6.61 Å². The van der Waals surface area contributed by atoms with E-state index in [4.69, 9.17) is 0 Å². The predicted molar refractivity (Wildman–Crippen MR) is 72.7 cm³/mol. The van der Waals surface area contributed by atoms with Crippen LogP contribution in [0, 0.1) is 0 Å². The van der Waals surface area contributed by atoms with Crippen molar-refractivity contribution in [3.8, 4) is 0 Å². The van der Waals surface area contributed by atoms with E-state index in [9.17, 15) is 5.11 Å². The van der Waals surface area contributed by atoms with Crippen molar-refractivity contribution in [2.45, 2.75) is 6.61 Å². The minimum Gasteiger partial charge on any atom is -0.392 e. The van der Waals surface area contributed by atoms with Crippen molar-refractivity contribution < 1.29 is 5.11 Å². The lowest BCUT2D eigenvalue weighted by Crippen LogP contribution is -2.43. The Labute approximate surface area is 106 Å². The SMILES string of the molecule is OCc1cc(N2CCNCC2)c2ncccc2c1. The summed E-state index contributed by atoms with van der Waals surface area (Å²) in [6.45, 7) is 4.04. The molecule has 94 valence electrons. The summed E-state index contributed by atoms with van der Waals surface area (Å²) in [7, 11) is 0. The number of nitrogens with zero attached hydrogens (tertiary/aromatic N) is 2. The van der Waals surface area contributed by atoms with Crippen LogP contribution in [0.3, 0.4) is 0 Å². The molecule has 1 aliphatic heterocycles. The van der Waals surface area contributed by atoms with Crippen LogP contribution in [0.25, 0.3) is 10.9 Å². The minimum absolute atomic E-state index is 0.0733. The lowest BCUT2D eigenvalue weighted by molar-refractivity contribution is 0.282. The van der Waals surface area contributed by atoms with Gasteiger partial charge in [0.15, 0.2) is 0 Å². The zero-order valence-corrected chi connectivity index (χ0v) is 10.3. The number of benzene rings is 1. The molecule has 2 N–H and O–H groups in total. The number of aliphatic hydroxyl groups is 1. The third kappa shape index (κ3) is 2.05. The average Bonchev–Trinajstić information content (AvgIpc) is 2.47. The molecule has 0 unspecified atom stereocenters. The molecule has 1 aromatic carbocycles. The lowest BCUT2D eigenvalue weighted by atomic mass is 10.1. The maximum atomic E-state index is 9.37. The largest absolute Gasteiger partial charge is 0.392 e. The van der Waals surface area contributed by atoms with Crippen molar-refractivity contribution in [3.05, 3.63) is 36.0 Å². The second kappa shape index (κ2) is 4.92. The van der Waals surface area contributed by atoms with Crippen LogP contribution in [-0.2, 0) is 6.61 Å². The van der Waals surface area contributed by atoms with E-state index in [1.807, 2.05) is 24.4 Å². The summed E-state index contributed by atoms with van der Waals surface area (Å²) in [4.78, 5) is 6.83. The molecule has 0 spiro atoms. The van der Waals surface area contributed by atoms with E-state index in [1.54, 1.807) is 0 Å². The maximum absolute atomic E-state index is 9.37. The van der Waals surface area contributed by atoms with Crippen LogP contribution in [0.2, 0.25) is 0 Å². The van der Waals surface area contributed by atoms with Crippen LogP contribution in [0.15, 0.2) is 30.5 Å². The Balaban J connectivity index is 2.12. The van der Waals surface area contributed by atoms with Gasteiger partial charge < -0.3 is 15.3 Å². The maximum Gasteiger partial charge on any atom is 0.0935 e. The molecule has 1 fully saturated rings. The summed E-state index contributed by atoms with van der Waals surface area (Å²) in [6.07, 6.45) is 1.83. The number of hydrogen-bond donors (Lipinski definition) is 2. The number of aliphatic hydroxyl groups excluding tert-OH is 1. The van der Waals surface area contributed by atoms with Crippen LogP contribution in [0.5, 0.6) is 0 Å². The van der Waals surface area contributed by atoms with Gasteiger partial charge in [-0.2, -0.15) is 0 Å². The zero-order chi connectivity index (χ0) is 12.4. The Bertz CT molecular complexity index is 550. The van der Waals surface area contributed by atoms with Gasteiger partial charge in [0.1, 0.15) is 0 Å². The molecular weight excluding hydrogens is 226 g/mol. The molecule has 18 heavy (non-hydrogen) atoms. The minimum atomic E-state index is 0.0733. The fourth-order valence-corrected chi connectivity index (χ4v) is 2.47. The Kier molecular flexibility index (Phi) is 3.13. The molecule has 2 heterocycles. The van der Waals surface area contributed by atoms with Gasteiger partial charge in [-0.1, -0.05) is 6.07 Å². The number of piperazine rings is 1. The van der Waals surface area contributed by atoms with Crippen molar-refractivity contribution >= 4 is 16.6 Å².